The third kappa shape index (κ3) is 5.43. The van der Waals surface area contributed by atoms with E-state index in [2.05, 4.69) is 0 Å². The van der Waals surface area contributed by atoms with E-state index in [9.17, 15) is 14.2 Å². The molecule has 1 amide bonds. The highest BCUT2D eigenvalue weighted by atomic mass is 31.2. The van der Waals surface area contributed by atoms with Crippen LogP contribution >= 0.6 is 7.60 Å². The molecule has 0 bridgehead atoms. The normalized spacial score (nSPS) is 16.4. The first-order valence-electron chi connectivity index (χ1n) is 6.51. The third-order valence-corrected chi connectivity index (χ3v) is 5.11. The summed E-state index contributed by atoms with van der Waals surface area (Å²) in [5.74, 6) is -0.268. The summed E-state index contributed by atoms with van der Waals surface area (Å²) in [6.45, 7) is 1.56. The molecule has 1 aliphatic heterocycles. The maximum absolute atomic E-state index is 11.8. The van der Waals surface area contributed by atoms with Gasteiger partial charge in [0.05, 0.1) is 0 Å². The van der Waals surface area contributed by atoms with Gasteiger partial charge in [-0.15, -0.1) is 0 Å². The Kier molecular flexibility index (Phi) is 6.69. The molecule has 1 rings (SSSR count). The van der Waals surface area contributed by atoms with Gasteiger partial charge in [-0.25, -0.2) is 0 Å². The molecule has 0 aromatic heterocycles. The van der Waals surface area contributed by atoms with Crippen molar-refractivity contribution in [3.05, 3.63) is 0 Å². The molecule has 110 valence electrons. The van der Waals surface area contributed by atoms with Crippen molar-refractivity contribution < 1.29 is 23.2 Å². The Bertz CT molecular complexity index is 357. The van der Waals surface area contributed by atoms with E-state index in [0.29, 0.717) is 0 Å². The number of likely N-dealkylation sites (tertiary alicyclic amines) is 1. The molecule has 0 spiro atoms. The van der Waals surface area contributed by atoms with Crippen molar-refractivity contribution in [2.45, 2.75) is 32.1 Å². The minimum Gasteiger partial charge on any atom is -0.343 e. The Balaban J connectivity index is 2.33. The SMILES string of the molecule is COP(=O)(CC(=O)CCC(=O)N1CCCCC1)OC. The summed E-state index contributed by atoms with van der Waals surface area (Å²) in [6, 6.07) is 0. The minimum atomic E-state index is -3.30. The molecule has 0 aromatic carbocycles. The quantitative estimate of drug-likeness (QED) is 0.669. The predicted octanol–water partition coefficient (Wildman–Crippen LogP) is 1.83. The van der Waals surface area contributed by atoms with Gasteiger partial charge in [-0.3, -0.25) is 14.2 Å². The highest BCUT2D eigenvalue weighted by Gasteiger charge is 2.26. The Morgan fingerprint density at radius 2 is 1.63 bits per heavy atom. The molecule has 0 aromatic rings. The monoisotopic (exact) mass is 291 g/mol. The van der Waals surface area contributed by atoms with Gasteiger partial charge in [-0.1, -0.05) is 0 Å². The summed E-state index contributed by atoms with van der Waals surface area (Å²) in [7, 11) is -0.811. The summed E-state index contributed by atoms with van der Waals surface area (Å²) in [5.41, 5.74) is 0. The molecule has 1 aliphatic rings. The molecular formula is C12H22NO5P. The standard InChI is InChI=1S/C12H22NO5P/c1-17-19(16,18-2)10-11(14)6-7-12(15)13-8-4-3-5-9-13/h3-10H2,1-2H3. The van der Waals surface area contributed by atoms with Crippen molar-refractivity contribution in [3.63, 3.8) is 0 Å². The number of amides is 1. The van der Waals surface area contributed by atoms with Gasteiger partial charge in [0, 0.05) is 40.2 Å². The molecule has 0 aliphatic carbocycles. The van der Waals surface area contributed by atoms with Crippen LogP contribution in [0.4, 0.5) is 0 Å². The number of ketones is 1. The summed E-state index contributed by atoms with van der Waals surface area (Å²) in [6.07, 6.45) is 3.21. The van der Waals surface area contributed by atoms with Crippen LogP contribution in [0.1, 0.15) is 32.1 Å². The van der Waals surface area contributed by atoms with Crippen molar-refractivity contribution in [2.75, 3.05) is 33.5 Å². The molecule has 0 radical (unpaired) electrons. The molecule has 0 N–H and O–H groups in total. The molecule has 1 heterocycles. The van der Waals surface area contributed by atoms with Gasteiger partial charge in [-0.2, -0.15) is 0 Å². The Hall–Kier alpha value is -0.710. The van der Waals surface area contributed by atoms with E-state index >= 15 is 0 Å². The van der Waals surface area contributed by atoms with Gasteiger partial charge in [-0.05, 0) is 19.3 Å². The molecule has 0 saturated carbocycles. The number of piperidine rings is 1. The fourth-order valence-electron chi connectivity index (χ4n) is 2.05. The molecule has 6 nitrogen and oxygen atoms in total. The third-order valence-electron chi connectivity index (χ3n) is 3.25. The van der Waals surface area contributed by atoms with Gasteiger partial charge in [0.25, 0.3) is 0 Å². The number of hydrogen-bond acceptors (Lipinski definition) is 5. The molecule has 0 atom stereocenters. The lowest BCUT2D eigenvalue weighted by molar-refractivity contribution is -0.133. The van der Waals surface area contributed by atoms with Crippen molar-refractivity contribution in [3.8, 4) is 0 Å². The average Bonchev–Trinajstić information content (AvgIpc) is 2.45. The topological polar surface area (TPSA) is 72.9 Å². The first-order chi connectivity index (χ1) is 9.00. The van der Waals surface area contributed by atoms with E-state index in [1.54, 1.807) is 4.90 Å². The van der Waals surface area contributed by atoms with Gasteiger partial charge in [0.1, 0.15) is 11.9 Å². The number of carbonyl (C=O) groups excluding carboxylic acids is 2. The summed E-state index contributed by atoms with van der Waals surface area (Å²) >= 11 is 0. The molecule has 19 heavy (non-hydrogen) atoms. The zero-order valence-corrected chi connectivity index (χ0v) is 12.5. The fourth-order valence-corrected chi connectivity index (χ4v) is 3.04. The van der Waals surface area contributed by atoms with Gasteiger partial charge in [0.15, 0.2) is 0 Å². The van der Waals surface area contributed by atoms with Crippen LogP contribution in [-0.4, -0.2) is 50.1 Å². The second kappa shape index (κ2) is 7.78. The van der Waals surface area contributed by atoms with Crippen LogP contribution in [0.2, 0.25) is 0 Å². The fraction of sp³-hybridized carbons (Fsp3) is 0.833. The lowest BCUT2D eigenvalue weighted by Crippen LogP contribution is -2.35. The predicted molar refractivity (Wildman–Crippen MR) is 71.2 cm³/mol. The molecule has 0 unspecified atom stereocenters. The summed E-state index contributed by atoms with van der Waals surface area (Å²) in [5, 5.41) is 0. The summed E-state index contributed by atoms with van der Waals surface area (Å²) in [4.78, 5) is 25.3. The van der Waals surface area contributed by atoms with Crippen LogP contribution < -0.4 is 0 Å². The number of Topliss-reactive ketones (excluding diaryl/α,β-unsaturated/α-hetero) is 1. The number of hydrogen-bond donors (Lipinski definition) is 0. The number of rotatable bonds is 7. The van der Waals surface area contributed by atoms with Crippen LogP contribution in [0.3, 0.4) is 0 Å². The zero-order valence-electron chi connectivity index (χ0n) is 11.6. The van der Waals surface area contributed by atoms with Crippen LogP contribution in [0.15, 0.2) is 0 Å². The maximum Gasteiger partial charge on any atom is 0.337 e. The largest absolute Gasteiger partial charge is 0.343 e. The molecule has 7 heteroatoms. The minimum absolute atomic E-state index is 0.00211. The average molecular weight is 291 g/mol. The molecular weight excluding hydrogens is 269 g/mol. The van der Waals surface area contributed by atoms with Crippen LogP contribution in [-0.2, 0) is 23.2 Å². The summed E-state index contributed by atoms with van der Waals surface area (Å²) < 4.78 is 21.1. The Morgan fingerprint density at radius 1 is 1.05 bits per heavy atom. The van der Waals surface area contributed by atoms with Gasteiger partial charge in [0.2, 0.25) is 5.91 Å². The van der Waals surface area contributed by atoms with Crippen LogP contribution in [0.25, 0.3) is 0 Å². The smallest absolute Gasteiger partial charge is 0.337 e. The lowest BCUT2D eigenvalue weighted by atomic mass is 10.1. The van der Waals surface area contributed by atoms with Crippen molar-refractivity contribution in [1.29, 1.82) is 0 Å². The second-order valence-corrected chi connectivity index (χ2v) is 6.88. The number of carbonyl (C=O) groups is 2. The highest BCUT2D eigenvalue weighted by Crippen LogP contribution is 2.46. The maximum atomic E-state index is 11.8. The van der Waals surface area contributed by atoms with E-state index in [4.69, 9.17) is 9.05 Å². The van der Waals surface area contributed by atoms with Gasteiger partial charge >= 0.3 is 7.60 Å². The van der Waals surface area contributed by atoms with Gasteiger partial charge < -0.3 is 13.9 Å². The van der Waals surface area contributed by atoms with Crippen molar-refractivity contribution in [1.82, 2.24) is 4.90 Å². The second-order valence-electron chi connectivity index (χ2n) is 4.61. The lowest BCUT2D eigenvalue weighted by Gasteiger charge is -2.26. The highest BCUT2D eigenvalue weighted by molar-refractivity contribution is 7.54. The van der Waals surface area contributed by atoms with Crippen LogP contribution in [0, 0.1) is 0 Å². The number of nitrogens with zero attached hydrogens (tertiary/aromatic N) is 1. The van der Waals surface area contributed by atoms with E-state index in [-0.39, 0.29) is 30.7 Å². The zero-order chi connectivity index (χ0) is 14.3. The first-order valence-corrected chi connectivity index (χ1v) is 8.23. The first kappa shape index (κ1) is 16.3. The molecule has 1 fully saturated rings. The van der Waals surface area contributed by atoms with E-state index in [1.807, 2.05) is 0 Å². The Labute approximate surface area is 114 Å². The van der Waals surface area contributed by atoms with E-state index < -0.39 is 7.60 Å². The van der Waals surface area contributed by atoms with E-state index in [0.717, 1.165) is 32.4 Å². The van der Waals surface area contributed by atoms with Crippen molar-refractivity contribution in [2.24, 2.45) is 0 Å². The van der Waals surface area contributed by atoms with Crippen molar-refractivity contribution >= 4 is 19.3 Å². The Morgan fingerprint density at radius 3 is 2.16 bits per heavy atom. The molecule has 1 saturated heterocycles. The van der Waals surface area contributed by atoms with E-state index in [1.165, 1.54) is 14.2 Å². The van der Waals surface area contributed by atoms with Crippen LogP contribution in [0.5, 0.6) is 0 Å².